The Morgan fingerprint density at radius 3 is 2.85 bits per heavy atom. The van der Waals surface area contributed by atoms with Crippen molar-refractivity contribution in [1.82, 2.24) is 25.3 Å². The summed E-state index contributed by atoms with van der Waals surface area (Å²) in [5.41, 5.74) is 1.28. The van der Waals surface area contributed by atoms with Gasteiger partial charge in [-0.25, -0.2) is 0 Å². The van der Waals surface area contributed by atoms with Crippen molar-refractivity contribution in [1.29, 1.82) is 0 Å². The van der Waals surface area contributed by atoms with Gasteiger partial charge in [-0.05, 0) is 58.1 Å². The number of guanidine groups is 1. The van der Waals surface area contributed by atoms with Gasteiger partial charge in [0.2, 0.25) is 0 Å². The highest BCUT2D eigenvalue weighted by Gasteiger charge is 2.17. The van der Waals surface area contributed by atoms with Gasteiger partial charge in [0.15, 0.2) is 5.96 Å². The van der Waals surface area contributed by atoms with Crippen molar-refractivity contribution in [3.63, 3.8) is 0 Å². The van der Waals surface area contributed by atoms with E-state index in [-0.39, 0.29) is 24.0 Å². The van der Waals surface area contributed by atoms with E-state index in [1.807, 2.05) is 17.9 Å². The second kappa shape index (κ2) is 13.4. The molecule has 0 spiro atoms. The molecule has 1 fully saturated rings. The second-order valence-corrected chi connectivity index (χ2v) is 7.05. The van der Waals surface area contributed by atoms with Gasteiger partial charge in [-0.2, -0.15) is 5.10 Å². The maximum atomic E-state index is 4.69. The molecule has 1 aromatic rings. The third kappa shape index (κ3) is 8.70. The molecular weight excluding hydrogens is 439 g/mol. The summed E-state index contributed by atoms with van der Waals surface area (Å²) in [5, 5.41) is 11.0. The molecular formula is C19H37IN6. The van der Waals surface area contributed by atoms with E-state index in [1.165, 1.54) is 44.3 Å². The summed E-state index contributed by atoms with van der Waals surface area (Å²) in [6.45, 7) is 9.66. The smallest absolute Gasteiger partial charge is 0.191 e. The lowest BCUT2D eigenvalue weighted by atomic mass is 10.0. The molecule has 0 bridgehead atoms. The first-order chi connectivity index (χ1) is 12.2. The van der Waals surface area contributed by atoms with Crippen molar-refractivity contribution in [3.05, 3.63) is 18.0 Å². The van der Waals surface area contributed by atoms with Crippen molar-refractivity contribution in [2.75, 3.05) is 32.7 Å². The van der Waals surface area contributed by atoms with E-state index in [4.69, 9.17) is 0 Å². The first-order valence-corrected chi connectivity index (χ1v) is 9.92. The van der Waals surface area contributed by atoms with Crippen LogP contribution >= 0.6 is 24.0 Å². The Morgan fingerprint density at radius 1 is 1.31 bits per heavy atom. The molecule has 0 aromatic carbocycles. The standard InChI is InChI=1S/C19H36N6.HI/c1-4-20-19(21-11-7-10-18-15-23-24(3)16-18)22-12-8-14-25-13-6-5-9-17(25)2;/h15-17H,4-14H2,1-3H3,(H2,20,21,22);1H. The van der Waals surface area contributed by atoms with Gasteiger partial charge in [0.05, 0.1) is 6.20 Å². The fourth-order valence-electron chi connectivity index (χ4n) is 3.40. The Hall–Kier alpha value is -0.830. The Bertz CT molecular complexity index is 516. The zero-order valence-electron chi connectivity index (χ0n) is 16.7. The number of nitrogens with one attached hydrogen (secondary N) is 2. The Labute approximate surface area is 176 Å². The summed E-state index contributed by atoms with van der Waals surface area (Å²) in [7, 11) is 1.96. The predicted molar refractivity (Wildman–Crippen MR) is 120 cm³/mol. The quantitative estimate of drug-likeness (QED) is 0.249. The number of nitrogens with zero attached hydrogens (tertiary/aromatic N) is 4. The summed E-state index contributed by atoms with van der Waals surface area (Å²) < 4.78 is 1.85. The fraction of sp³-hybridized carbons (Fsp3) is 0.789. The lowest BCUT2D eigenvalue weighted by Crippen LogP contribution is -2.41. The van der Waals surface area contributed by atoms with Crippen LogP contribution in [0.4, 0.5) is 0 Å². The number of likely N-dealkylation sites (tertiary alicyclic amines) is 1. The number of piperidine rings is 1. The van der Waals surface area contributed by atoms with Gasteiger partial charge in [-0.15, -0.1) is 24.0 Å². The summed E-state index contributed by atoms with van der Waals surface area (Å²) >= 11 is 0. The number of aryl methyl sites for hydroxylation is 2. The normalized spacial score (nSPS) is 18.4. The average molecular weight is 476 g/mol. The lowest BCUT2D eigenvalue weighted by molar-refractivity contribution is 0.159. The van der Waals surface area contributed by atoms with Crippen molar-refractivity contribution in [2.45, 2.75) is 58.4 Å². The molecule has 1 unspecified atom stereocenters. The summed E-state index contributed by atoms with van der Waals surface area (Å²) in [5.74, 6) is 0.945. The number of hydrogen-bond acceptors (Lipinski definition) is 3. The van der Waals surface area contributed by atoms with Gasteiger partial charge in [-0.3, -0.25) is 9.67 Å². The monoisotopic (exact) mass is 476 g/mol. The molecule has 1 aliphatic heterocycles. The highest BCUT2D eigenvalue weighted by Crippen LogP contribution is 2.15. The minimum atomic E-state index is 0. The van der Waals surface area contributed by atoms with E-state index in [0.717, 1.165) is 44.5 Å². The molecule has 6 nitrogen and oxygen atoms in total. The van der Waals surface area contributed by atoms with Gasteiger partial charge < -0.3 is 15.5 Å². The molecule has 0 aliphatic carbocycles. The van der Waals surface area contributed by atoms with E-state index in [9.17, 15) is 0 Å². The lowest BCUT2D eigenvalue weighted by Gasteiger charge is -2.33. The van der Waals surface area contributed by atoms with E-state index in [2.05, 4.69) is 45.7 Å². The van der Waals surface area contributed by atoms with Crippen LogP contribution in [-0.2, 0) is 13.5 Å². The first kappa shape index (κ1) is 23.2. The minimum Gasteiger partial charge on any atom is -0.357 e. The van der Waals surface area contributed by atoms with Crippen LogP contribution in [0.2, 0.25) is 0 Å². The number of hydrogen-bond donors (Lipinski definition) is 2. The molecule has 26 heavy (non-hydrogen) atoms. The van der Waals surface area contributed by atoms with Gasteiger partial charge in [0, 0.05) is 45.5 Å². The molecule has 1 aromatic heterocycles. The number of rotatable bonds is 9. The zero-order chi connectivity index (χ0) is 17.9. The zero-order valence-corrected chi connectivity index (χ0v) is 19.0. The van der Waals surface area contributed by atoms with Crippen LogP contribution < -0.4 is 10.6 Å². The number of aromatic nitrogens is 2. The molecule has 0 amide bonds. The van der Waals surface area contributed by atoms with Crippen LogP contribution in [-0.4, -0.2) is 59.4 Å². The van der Waals surface area contributed by atoms with Crippen molar-refractivity contribution >= 4 is 29.9 Å². The summed E-state index contributed by atoms with van der Waals surface area (Å²) in [4.78, 5) is 7.32. The Balaban J connectivity index is 0.00000338. The van der Waals surface area contributed by atoms with Crippen molar-refractivity contribution in [3.8, 4) is 0 Å². The van der Waals surface area contributed by atoms with Crippen LogP contribution in [0.1, 0.15) is 51.5 Å². The largest absolute Gasteiger partial charge is 0.357 e. The molecule has 0 saturated carbocycles. The molecule has 1 atom stereocenters. The first-order valence-electron chi connectivity index (χ1n) is 9.92. The second-order valence-electron chi connectivity index (χ2n) is 7.05. The maximum absolute atomic E-state index is 4.69. The van der Waals surface area contributed by atoms with Gasteiger partial charge in [-0.1, -0.05) is 6.42 Å². The molecule has 150 valence electrons. The fourth-order valence-corrected chi connectivity index (χ4v) is 3.40. The van der Waals surface area contributed by atoms with E-state index in [0.29, 0.717) is 0 Å². The van der Waals surface area contributed by atoms with Crippen LogP contribution in [0.15, 0.2) is 17.4 Å². The SMILES string of the molecule is CCNC(=NCCCc1cnn(C)c1)NCCCN1CCCCC1C.I. The molecule has 2 heterocycles. The molecule has 2 N–H and O–H groups in total. The van der Waals surface area contributed by atoms with E-state index >= 15 is 0 Å². The van der Waals surface area contributed by atoms with Crippen molar-refractivity contribution in [2.24, 2.45) is 12.0 Å². The molecule has 0 radical (unpaired) electrons. The highest BCUT2D eigenvalue weighted by molar-refractivity contribution is 14.0. The molecule has 7 heteroatoms. The summed E-state index contributed by atoms with van der Waals surface area (Å²) in [6.07, 6.45) is 11.4. The van der Waals surface area contributed by atoms with Gasteiger partial charge >= 0.3 is 0 Å². The Morgan fingerprint density at radius 2 is 2.15 bits per heavy atom. The van der Waals surface area contributed by atoms with Crippen LogP contribution in [0, 0.1) is 0 Å². The van der Waals surface area contributed by atoms with Crippen molar-refractivity contribution < 1.29 is 0 Å². The van der Waals surface area contributed by atoms with Crippen LogP contribution in [0.25, 0.3) is 0 Å². The van der Waals surface area contributed by atoms with E-state index < -0.39 is 0 Å². The van der Waals surface area contributed by atoms with Gasteiger partial charge in [0.25, 0.3) is 0 Å². The third-order valence-electron chi connectivity index (χ3n) is 4.85. The van der Waals surface area contributed by atoms with Crippen LogP contribution in [0.5, 0.6) is 0 Å². The topological polar surface area (TPSA) is 57.5 Å². The maximum Gasteiger partial charge on any atom is 0.191 e. The molecule has 2 rings (SSSR count). The molecule has 1 aliphatic rings. The Kier molecular flexibility index (Phi) is 11.9. The summed E-state index contributed by atoms with van der Waals surface area (Å²) in [6, 6.07) is 0.753. The third-order valence-corrected chi connectivity index (χ3v) is 4.85. The van der Waals surface area contributed by atoms with Crippen LogP contribution in [0.3, 0.4) is 0 Å². The van der Waals surface area contributed by atoms with Gasteiger partial charge in [0.1, 0.15) is 0 Å². The van der Waals surface area contributed by atoms with E-state index in [1.54, 1.807) is 0 Å². The highest BCUT2D eigenvalue weighted by atomic mass is 127. The average Bonchev–Trinajstić information content (AvgIpc) is 3.02. The predicted octanol–water partition coefficient (Wildman–Crippen LogP) is 2.79. The number of halogens is 1. The minimum absolute atomic E-state index is 0. The number of aliphatic imine (C=N–C) groups is 1. The molecule has 1 saturated heterocycles.